The Morgan fingerprint density at radius 2 is 1.77 bits per heavy atom. The van der Waals surface area contributed by atoms with Crippen molar-refractivity contribution in [3.05, 3.63) is 46.9 Å². The lowest BCUT2D eigenvalue weighted by atomic mass is 10.2. The Hall–Kier alpha value is -2.26. The van der Waals surface area contributed by atoms with Gasteiger partial charge in [0.05, 0.1) is 26.2 Å². The summed E-state index contributed by atoms with van der Waals surface area (Å²) in [4.78, 5) is 12.4. The van der Waals surface area contributed by atoms with Crippen molar-refractivity contribution in [3.63, 3.8) is 0 Å². The van der Waals surface area contributed by atoms with Gasteiger partial charge < -0.3 is 14.8 Å². The second-order valence-corrected chi connectivity index (χ2v) is 8.18. The van der Waals surface area contributed by atoms with Crippen molar-refractivity contribution in [2.24, 2.45) is 0 Å². The molecule has 0 aliphatic rings. The molecule has 0 bridgehead atoms. The number of nitrogens with one attached hydrogen (secondary N) is 1. The van der Waals surface area contributed by atoms with Crippen LogP contribution < -0.4 is 19.1 Å². The number of rotatable bonds is 7. The summed E-state index contributed by atoms with van der Waals surface area (Å²) < 4.78 is 36.7. The molecule has 7 nitrogen and oxygen atoms in total. The predicted octanol–water partition coefficient (Wildman–Crippen LogP) is 2.87. The molecule has 0 saturated carbocycles. The van der Waals surface area contributed by atoms with Gasteiger partial charge in [0.2, 0.25) is 15.9 Å². The molecule has 26 heavy (non-hydrogen) atoms. The van der Waals surface area contributed by atoms with Gasteiger partial charge in [-0.25, -0.2) is 8.42 Å². The van der Waals surface area contributed by atoms with Crippen molar-refractivity contribution in [2.75, 3.05) is 36.6 Å². The van der Waals surface area contributed by atoms with Crippen LogP contribution in [-0.2, 0) is 14.8 Å². The maximum Gasteiger partial charge on any atom is 0.245 e. The van der Waals surface area contributed by atoms with Crippen LogP contribution in [0.25, 0.3) is 0 Å². The zero-order valence-electron chi connectivity index (χ0n) is 14.5. The molecule has 0 aliphatic carbocycles. The summed E-state index contributed by atoms with van der Waals surface area (Å²) in [5.74, 6) is 0.320. The normalized spacial score (nSPS) is 10.9. The molecule has 1 N–H and O–H groups in total. The third kappa shape index (κ3) is 5.12. The van der Waals surface area contributed by atoms with Crippen LogP contribution in [-0.4, -0.2) is 41.3 Å². The molecular weight excluding hydrogens is 424 g/mol. The lowest BCUT2D eigenvalue weighted by Crippen LogP contribution is -2.37. The van der Waals surface area contributed by atoms with Crippen LogP contribution >= 0.6 is 15.9 Å². The summed E-state index contributed by atoms with van der Waals surface area (Å²) in [6, 6.07) is 11.7. The minimum Gasteiger partial charge on any atom is -0.497 e. The third-order valence-corrected chi connectivity index (χ3v) is 5.13. The van der Waals surface area contributed by atoms with Gasteiger partial charge >= 0.3 is 0 Å². The maximum absolute atomic E-state index is 12.4. The molecule has 0 radical (unpaired) electrons. The zero-order chi connectivity index (χ0) is 19.3. The van der Waals surface area contributed by atoms with Crippen LogP contribution in [0.3, 0.4) is 0 Å². The smallest absolute Gasteiger partial charge is 0.245 e. The van der Waals surface area contributed by atoms with Gasteiger partial charge in [0.25, 0.3) is 0 Å². The Morgan fingerprint density at radius 1 is 1.12 bits per heavy atom. The van der Waals surface area contributed by atoms with Gasteiger partial charge in [0.15, 0.2) is 0 Å². The van der Waals surface area contributed by atoms with Crippen LogP contribution in [0.4, 0.5) is 11.4 Å². The van der Waals surface area contributed by atoms with Crippen LogP contribution in [0.1, 0.15) is 0 Å². The molecule has 2 rings (SSSR count). The number of carbonyl (C=O) groups is 1. The largest absolute Gasteiger partial charge is 0.497 e. The Morgan fingerprint density at radius 3 is 2.31 bits per heavy atom. The molecule has 2 aromatic carbocycles. The van der Waals surface area contributed by atoms with E-state index in [1.807, 2.05) is 0 Å². The van der Waals surface area contributed by atoms with Crippen LogP contribution in [0.15, 0.2) is 46.9 Å². The van der Waals surface area contributed by atoms with E-state index in [2.05, 4.69) is 21.2 Å². The number of anilines is 2. The standard InChI is InChI=1S/C17H19BrN2O5S/c1-24-14-8-9-15(16(10-14)25-2)20(26(3,22)23)11-17(21)19-13-6-4-12(18)5-7-13/h4-10H,11H2,1-3H3,(H,19,21). The number of hydrogen-bond donors (Lipinski definition) is 1. The summed E-state index contributed by atoms with van der Waals surface area (Å²) in [6.45, 7) is -0.391. The average molecular weight is 443 g/mol. The van der Waals surface area contributed by atoms with Gasteiger partial charge in [-0.1, -0.05) is 15.9 Å². The molecule has 0 aromatic heterocycles. The summed E-state index contributed by atoms with van der Waals surface area (Å²) in [5.41, 5.74) is 0.815. The number of ether oxygens (including phenoxy) is 2. The molecule has 0 aliphatic heterocycles. The van der Waals surface area contributed by atoms with Crippen molar-refractivity contribution in [3.8, 4) is 11.5 Å². The van der Waals surface area contributed by atoms with E-state index < -0.39 is 22.5 Å². The quantitative estimate of drug-likeness (QED) is 0.712. The van der Waals surface area contributed by atoms with Crippen molar-refractivity contribution in [1.82, 2.24) is 0 Å². The fourth-order valence-electron chi connectivity index (χ4n) is 2.24. The molecule has 0 unspecified atom stereocenters. The lowest BCUT2D eigenvalue weighted by Gasteiger charge is -2.24. The number of methoxy groups -OCH3 is 2. The molecule has 0 heterocycles. The molecule has 0 atom stereocenters. The topological polar surface area (TPSA) is 84.9 Å². The lowest BCUT2D eigenvalue weighted by molar-refractivity contribution is -0.114. The van der Waals surface area contributed by atoms with E-state index in [1.165, 1.54) is 20.3 Å². The van der Waals surface area contributed by atoms with E-state index in [-0.39, 0.29) is 11.4 Å². The third-order valence-electron chi connectivity index (χ3n) is 3.47. The predicted molar refractivity (Wildman–Crippen MR) is 105 cm³/mol. The number of nitrogens with zero attached hydrogens (tertiary/aromatic N) is 1. The van der Waals surface area contributed by atoms with Gasteiger partial charge in [-0.2, -0.15) is 0 Å². The van der Waals surface area contributed by atoms with E-state index in [0.29, 0.717) is 11.4 Å². The molecule has 0 spiro atoms. The van der Waals surface area contributed by atoms with E-state index in [4.69, 9.17) is 9.47 Å². The maximum atomic E-state index is 12.4. The minimum absolute atomic E-state index is 0.252. The number of benzene rings is 2. The Bertz CT molecular complexity index is 885. The highest BCUT2D eigenvalue weighted by Gasteiger charge is 2.24. The fourth-order valence-corrected chi connectivity index (χ4v) is 3.36. The first-order valence-corrected chi connectivity index (χ1v) is 10.1. The van der Waals surface area contributed by atoms with E-state index in [1.54, 1.807) is 36.4 Å². The molecule has 9 heteroatoms. The summed E-state index contributed by atoms with van der Waals surface area (Å²) in [5, 5.41) is 2.67. The highest BCUT2D eigenvalue weighted by Crippen LogP contribution is 2.33. The summed E-state index contributed by atoms with van der Waals surface area (Å²) >= 11 is 3.31. The highest BCUT2D eigenvalue weighted by molar-refractivity contribution is 9.10. The molecular formula is C17H19BrN2O5S. The van der Waals surface area contributed by atoms with E-state index in [0.717, 1.165) is 15.0 Å². The van der Waals surface area contributed by atoms with Gasteiger partial charge in [0, 0.05) is 16.2 Å². The van der Waals surface area contributed by atoms with Crippen LogP contribution in [0.2, 0.25) is 0 Å². The second-order valence-electron chi connectivity index (χ2n) is 5.36. The molecule has 140 valence electrons. The molecule has 1 amide bonds. The monoisotopic (exact) mass is 442 g/mol. The van der Waals surface area contributed by atoms with Gasteiger partial charge in [-0.15, -0.1) is 0 Å². The average Bonchev–Trinajstić information content (AvgIpc) is 2.60. The summed E-state index contributed by atoms with van der Waals surface area (Å²) in [6.07, 6.45) is 1.03. The number of halogens is 1. The second kappa shape index (κ2) is 8.41. The first kappa shape index (κ1) is 20.1. The Labute approximate surface area is 161 Å². The fraction of sp³-hybridized carbons (Fsp3) is 0.235. The van der Waals surface area contributed by atoms with Gasteiger partial charge in [-0.3, -0.25) is 9.10 Å². The van der Waals surface area contributed by atoms with Crippen LogP contribution in [0.5, 0.6) is 11.5 Å². The number of hydrogen-bond acceptors (Lipinski definition) is 5. The summed E-state index contributed by atoms with van der Waals surface area (Å²) in [7, 11) is -0.808. The highest BCUT2D eigenvalue weighted by atomic mass is 79.9. The van der Waals surface area contributed by atoms with Gasteiger partial charge in [-0.05, 0) is 36.4 Å². The number of carbonyl (C=O) groups excluding carboxylic acids is 1. The van der Waals surface area contributed by atoms with E-state index >= 15 is 0 Å². The Kier molecular flexibility index (Phi) is 6.49. The number of amides is 1. The zero-order valence-corrected chi connectivity index (χ0v) is 16.9. The Balaban J connectivity index is 2.28. The molecule has 0 saturated heterocycles. The first-order chi connectivity index (χ1) is 12.2. The van der Waals surface area contributed by atoms with Crippen molar-refractivity contribution < 1.29 is 22.7 Å². The number of sulfonamides is 1. The van der Waals surface area contributed by atoms with Crippen molar-refractivity contribution in [2.45, 2.75) is 0 Å². The van der Waals surface area contributed by atoms with E-state index in [9.17, 15) is 13.2 Å². The SMILES string of the molecule is COc1ccc(N(CC(=O)Nc2ccc(Br)cc2)S(C)(=O)=O)c(OC)c1. The first-order valence-electron chi connectivity index (χ1n) is 7.49. The molecule has 2 aromatic rings. The van der Waals surface area contributed by atoms with Crippen molar-refractivity contribution >= 4 is 43.2 Å². The molecule has 0 fully saturated rings. The van der Waals surface area contributed by atoms with Gasteiger partial charge in [0.1, 0.15) is 18.0 Å². The minimum atomic E-state index is -3.72. The van der Waals surface area contributed by atoms with Crippen LogP contribution in [0, 0.1) is 0 Å². The van der Waals surface area contributed by atoms with Crippen molar-refractivity contribution in [1.29, 1.82) is 0 Å².